The van der Waals surface area contributed by atoms with Gasteiger partial charge in [-0.15, -0.1) is 0 Å². The van der Waals surface area contributed by atoms with E-state index >= 15 is 0 Å². The minimum Gasteiger partial charge on any atom is -0.320 e. The fraction of sp³-hybridized carbons (Fsp3) is 0.0909. The molecule has 0 bridgehead atoms. The van der Waals surface area contributed by atoms with Crippen molar-refractivity contribution in [1.82, 2.24) is 9.55 Å². The predicted octanol–water partition coefficient (Wildman–Crippen LogP) is 5.42. The first-order valence-corrected chi connectivity index (χ1v) is 9.87. The third kappa shape index (κ3) is 3.86. The SMILES string of the molecule is CC(Sc1nc2ccccc2n1-c1ccccc1)C(=O)Nc1c(F)cccc1F. The van der Waals surface area contributed by atoms with Crippen LogP contribution in [0.2, 0.25) is 0 Å². The number of nitrogens with one attached hydrogen (secondary N) is 1. The fourth-order valence-corrected chi connectivity index (χ4v) is 3.91. The van der Waals surface area contributed by atoms with Gasteiger partial charge < -0.3 is 5.32 Å². The van der Waals surface area contributed by atoms with Gasteiger partial charge in [-0.25, -0.2) is 13.8 Å². The number of benzene rings is 3. The summed E-state index contributed by atoms with van der Waals surface area (Å²) < 4.78 is 29.7. The Balaban J connectivity index is 1.65. The second-order valence-electron chi connectivity index (χ2n) is 6.40. The van der Waals surface area contributed by atoms with Crippen LogP contribution in [0.1, 0.15) is 6.92 Å². The highest BCUT2D eigenvalue weighted by Crippen LogP contribution is 2.31. The normalized spacial score (nSPS) is 12.1. The van der Waals surface area contributed by atoms with Crippen LogP contribution in [0.4, 0.5) is 14.5 Å². The number of fused-ring (bicyclic) bond motifs is 1. The molecule has 4 rings (SSSR count). The minimum atomic E-state index is -0.813. The number of amides is 1. The lowest BCUT2D eigenvalue weighted by Crippen LogP contribution is -2.24. The molecule has 0 spiro atoms. The molecule has 1 amide bonds. The second-order valence-corrected chi connectivity index (χ2v) is 7.71. The highest BCUT2D eigenvalue weighted by Gasteiger charge is 2.22. The van der Waals surface area contributed by atoms with Gasteiger partial charge in [0.1, 0.15) is 17.3 Å². The third-order valence-electron chi connectivity index (χ3n) is 4.41. The van der Waals surface area contributed by atoms with Crippen LogP contribution in [-0.2, 0) is 4.79 Å². The van der Waals surface area contributed by atoms with Crippen molar-refractivity contribution in [3.63, 3.8) is 0 Å². The molecule has 0 fully saturated rings. The number of rotatable bonds is 5. The van der Waals surface area contributed by atoms with Crippen LogP contribution >= 0.6 is 11.8 Å². The molecule has 4 aromatic rings. The van der Waals surface area contributed by atoms with Crippen molar-refractivity contribution in [3.8, 4) is 5.69 Å². The first-order valence-electron chi connectivity index (χ1n) is 8.99. The molecule has 4 nitrogen and oxygen atoms in total. The van der Waals surface area contributed by atoms with Crippen LogP contribution in [0.3, 0.4) is 0 Å². The molecule has 0 saturated carbocycles. The number of anilines is 1. The quantitative estimate of drug-likeness (QED) is 0.448. The molecule has 1 atom stereocenters. The molecule has 3 aromatic carbocycles. The first kappa shape index (κ1) is 19.1. The zero-order chi connectivity index (χ0) is 20.4. The third-order valence-corrected chi connectivity index (χ3v) is 5.46. The maximum atomic E-state index is 13.8. The number of aromatic nitrogens is 2. The Labute approximate surface area is 170 Å². The lowest BCUT2D eigenvalue weighted by molar-refractivity contribution is -0.115. The van der Waals surface area contributed by atoms with Crippen molar-refractivity contribution in [2.75, 3.05) is 5.32 Å². The van der Waals surface area contributed by atoms with E-state index in [4.69, 9.17) is 0 Å². The average molecular weight is 409 g/mol. The van der Waals surface area contributed by atoms with Crippen LogP contribution in [0, 0.1) is 11.6 Å². The van der Waals surface area contributed by atoms with Crippen molar-refractivity contribution in [2.45, 2.75) is 17.3 Å². The number of hydrogen-bond acceptors (Lipinski definition) is 3. The van der Waals surface area contributed by atoms with E-state index in [1.54, 1.807) is 6.92 Å². The van der Waals surface area contributed by atoms with Crippen LogP contribution in [0.15, 0.2) is 78.0 Å². The van der Waals surface area contributed by atoms with E-state index in [0.29, 0.717) is 5.16 Å². The Morgan fingerprint density at radius 3 is 2.34 bits per heavy atom. The molecule has 0 radical (unpaired) electrons. The van der Waals surface area contributed by atoms with E-state index in [9.17, 15) is 13.6 Å². The van der Waals surface area contributed by atoms with Gasteiger partial charge in [-0.1, -0.05) is 48.2 Å². The Bertz CT molecular complexity index is 1160. The molecule has 0 aliphatic rings. The lowest BCUT2D eigenvalue weighted by atomic mass is 10.3. The molecule has 0 aliphatic heterocycles. The molecule has 1 aromatic heterocycles. The van der Waals surface area contributed by atoms with Crippen LogP contribution < -0.4 is 5.32 Å². The van der Waals surface area contributed by atoms with Crippen molar-refractivity contribution >= 4 is 34.4 Å². The van der Waals surface area contributed by atoms with Gasteiger partial charge in [0.2, 0.25) is 5.91 Å². The number of imidazole rings is 1. The summed E-state index contributed by atoms with van der Waals surface area (Å²) in [6.07, 6.45) is 0. The van der Waals surface area contributed by atoms with Gasteiger partial charge in [-0.05, 0) is 43.3 Å². The van der Waals surface area contributed by atoms with E-state index in [-0.39, 0.29) is 0 Å². The van der Waals surface area contributed by atoms with Crippen molar-refractivity contribution in [2.24, 2.45) is 0 Å². The van der Waals surface area contributed by atoms with Crippen molar-refractivity contribution in [3.05, 3.63) is 84.4 Å². The van der Waals surface area contributed by atoms with E-state index in [1.165, 1.54) is 17.8 Å². The minimum absolute atomic E-state index is 0.443. The van der Waals surface area contributed by atoms with Crippen molar-refractivity contribution < 1.29 is 13.6 Å². The van der Waals surface area contributed by atoms with Gasteiger partial charge >= 0.3 is 0 Å². The standard InChI is InChI=1S/C22H17F2N3OS/c1-14(21(28)26-20-16(23)10-7-11-17(20)24)29-22-25-18-12-5-6-13-19(18)27(22)15-8-3-2-4-9-15/h2-14H,1H3,(H,26,28). The second kappa shape index (κ2) is 8.05. The number of carbonyl (C=O) groups excluding carboxylic acids is 1. The summed E-state index contributed by atoms with van der Waals surface area (Å²) in [6.45, 7) is 1.67. The smallest absolute Gasteiger partial charge is 0.237 e. The highest BCUT2D eigenvalue weighted by atomic mass is 32.2. The molecule has 0 saturated heterocycles. The summed E-state index contributed by atoms with van der Waals surface area (Å²) in [7, 11) is 0. The number of halogens is 2. The lowest BCUT2D eigenvalue weighted by Gasteiger charge is -2.14. The monoisotopic (exact) mass is 409 g/mol. The van der Waals surface area contributed by atoms with E-state index in [1.807, 2.05) is 59.2 Å². The summed E-state index contributed by atoms with van der Waals surface area (Å²) in [5.74, 6) is -2.13. The molecule has 7 heteroatoms. The molecule has 0 aliphatic carbocycles. The van der Waals surface area contributed by atoms with Gasteiger partial charge in [0.05, 0.1) is 16.3 Å². The largest absolute Gasteiger partial charge is 0.320 e. The summed E-state index contributed by atoms with van der Waals surface area (Å²) in [5, 5.41) is 2.33. The van der Waals surface area contributed by atoms with Gasteiger partial charge in [-0.3, -0.25) is 9.36 Å². The molecular weight excluding hydrogens is 392 g/mol. The zero-order valence-corrected chi connectivity index (χ0v) is 16.3. The number of hydrogen-bond donors (Lipinski definition) is 1. The first-order chi connectivity index (χ1) is 14.0. The molecule has 1 N–H and O–H groups in total. The summed E-state index contributed by atoms with van der Waals surface area (Å²) in [4.78, 5) is 17.2. The summed E-state index contributed by atoms with van der Waals surface area (Å²) >= 11 is 1.22. The van der Waals surface area contributed by atoms with E-state index < -0.39 is 28.5 Å². The van der Waals surface area contributed by atoms with Crippen LogP contribution in [-0.4, -0.2) is 20.7 Å². The number of carbonyl (C=O) groups is 1. The molecular formula is C22H17F2N3OS. The Kier molecular flexibility index (Phi) is 5.31. The Morgan fingerprint density at radius 1 is 0.966 bits per heavy atom. The number of nitrogens with zero attached hydrogens (tertiary/aromatic N) is 2. The summed E-state index contributed by atoms with van der Waals surface area (Å²) in [5.41, 5.74) is 2.18. The number of thioether (sulfide) groups is 1. The van der Waals surface area contributed by atoms with Crippen LogP contribution in [0.25, 0.3) is 16.7 Å². The molecule has 146 valence electrons. The molecule has 1 heterocycles. The maximum absolute atomic E-state index is 13.8. The van der Waals surface area contributed by atoms with E-state index in [2.05, 4.69) is 10.3 Å². The van der Waals surface area contributed by atoms with Gasteiger partial charge in [0, 0.05) is 5.69 Å². The van der Waals surface area contributed by atoms with Gasteiger partial charge in [0.25, 0.3) is 0 Å². The Hall–Kier alpha value is -3.19. The van der Waals surface area contributed by atoms with Gasteiger partial charge in [-0.2, -0.15) is 0 Å². The zero-order valence-electron chi connectivity index (χ0n) is 15.5. The Morgan fingerprint density at radius 2 is 1.62 bits per heavy atom. The molecule has 1 unspecified atom stereocenters. The predicted molar refractivity (Wildman–Crippen MR) is 111 cm³/mol. The van der Waals surface area contributed by atoms with Crippen LogP contribution in [0.5, 0.6) is 0 Å². The van der Waals surface area contributed by atoms with E-state index in [0.717, 1.165) is 28.9 Å². The number of para-hydroxylation sites is 4. The van der Waals surface area contributed by atoms with Crippen molar-refractivity contribution in [1.29, 1.82) is 0 Å². The fourth-order valence-electron chi connectivity index (χ4n) is 2.96. The van der Waals surface area contributed by atoms with Gasteiger partial charge in [0.15, 0.2) is 5.16 Å². The summed E-state index contributed by atoms with van der Waals surface area (Å²) in [6, 6.07) is 20.8. The molecule has 29 heavy (non-hydrogen) atoms. The maximum Gasteiger partial charge on any atom is 0.237 e. The highest BCUT2D eigenvalue weighted by molar-refractivity contribution is 8.00. The topological polar surface area (TPSA) is 46.9 Å². The average Bonchev–Trinajstić information content (AvgIpc) is 3.09.